The van der Waals surface area contributed by atoms with E-state index in [1.54, 1.807) is 4.90 Å². The van der Waals surface area contributed by atoms with Crippen LogP contribution in [-0.4, -0.2) is 43.6 Å². The zero-order chi connectivity index (χ0) is 22.1. The van der Waals surface area contributed by atoms with Gasteiger partial charge in [-0.25, -0.2) is 14.6 Å². The van der Waals surface area contributed by atoms with Crippen LogP contribution in [0.2, 0.25) is 0 Å². The quantitative estimate of drug-likeness (QED) is 0.395. The average molecular weight is 422 g/mol. The van der Waals surface area contributed by atoms with Crippen molar-refractivity contribution in [3.8, 4) is 11.8 Å². The lowest BCUT2D eigenvalue weighted by Gasteiger charge is -2.32. The summed E-state index contributed by atoms with van der Waals surface area (Å²) in [5.74, 6) is 6.74. The molecule has 1 aliphatic rings. The third-order valence-corrected chi connectivity index (χ3v) is 5.85. The van der Waals surface area contributed by atoms with E-state index in [4.69, 9.17) is 10.8 Å². The molecule has 1 saturated heterocycles. The standard InChI is InChI=1S/C25H22N6O/c1-2-22(32)30-14-6-10-19(15-30)31-25-23(24(26)27-16-28-25)21(29-31)13-12-18-9-5-8-17-7-3-4-11-20(17)18/h2-5,7-9,11,16,19H,1,6,10,14-15H2,(H2,26,27,28)/t19-/m1/s1. The summed E-state index contributed by atoms with van der Waals surface area (Å²) < 4.78 is 1.85. The van der Waals surface area contributed by atoms with Crippen molar-refractivity contribution in [2.24, 2.45) is 0 Å². The summed E-state index contributed by atoms with van der Waals surface area (Å²) in [6, 6.07) is 14.2. The fourth-order valence-corrected chi connectivity index (χ4v) is 4.28. The fraction of sp³-hybridized carbons (Fsp3) is 0.200. The molecule has 0 saturated carbocycles. The summed E-state index contributed by atoms with van der Waals surface area (Å²) in [5.41, 5.74) is 8.30. The number of nitrogen functional groups attached to an aromatic ring is 1. The molecule has 0 spiro atoms. The first-order chi connectivity index (χ1) is 15.7. The van der Waals surface area contributed by atoms with Crippen LogP contribution in [0.3, 0.4) is 0 Å². The van der Waals surface area contributed by atoms with Crippen LogP contribution >= 0.6 is 0 Å². The zero-order valence-electron chi connectivity index (χ0n) is 17.5. The number of hydrogen-bond donors (Lipinski definition) is 1. The maximum absolute atomic E-state index is 12.1. The molecule has 1 amide bonds. The van der Waals surface area contributed by atoms with E-state index in [9.17, 15) is 4.79 Å². The van der Waals surface area contributed by atoms with Gasteiger partial charge in [0.2, 0.25) is 5.91 Å². The molecule has 0 unspecified atom stereocenters. The number of hydrogen-bond acceptors (Lipinski definition) is 5. The number of piperidine rings is 1. The van der Waals surface area contributed by atoms with Crippen LogP contribution in [0.4, 0.5) is 5.82 Å². The summed E-state index contributed by atoms with van der Waals surface area (Å²) in [5, 5.41) is 7.65. The number of nitrogens with zero attached hydrogens (tertiary/aromatic N) is 5. The van der Waals surface area contributed by atoms with E-state index >= 15 is 0 Å². The largest absolute Gasteiger partial charge is 0.383 e. The molecule has 1 fully saturated rings. The number of likely N-dealkylation sites (tertiary alicyclic amines) is 1. The first-order valence-electron chi connectivity index (χ1n) is 10.6. The molecule has 2 aromatic carbocycles. The molecule has 4 aromatic rings. The van der Waals surface area contributed by atoms with E-state index in [-0.39, 0.29) is 11.9 Å². The van der Waals surface area contributed by atoms with E-state index in [0.29, 0.717) is 35.6 Å². The maximum atomic E-state index is 12.1. The Hall–Kier alpha value is -4.18. The van der Waals surface area contributed by atoms with Crippen LogP contribution in [0, 0.1) is 11.8 Å². The van der Waals surface area contributed by atoms with Gasteiger partial charge < -0.3 is 10.6 Å². The minimum atomic E-state index is -0.0729. The lowest BCUT2D eigenvalue weighted by molar-refractivity contribution is -0.127. The maximum Gasteiger partial charge on any atom is 0.246 e. The summed E-state index contributed by atoms with van der Waals surface area (Å²) in [7, 11) is 0. The Bertz CT molecular complexity index is 1410. The number of fused-ring (bicyclic) bond motifs is 2. The Kier molecular flexibility index (Phi) is 5.04. The molecule has 0 bridgehead atoms. The summed E-state index contributed by atoms with van der Waals surface area (Å²) in [4.78, 5) is 22.5. The average Bonchev–Trinajstić information content (AvgIpc) is 3.22. The SMILES string of the molecule is C=CC(=O)N1CCC[C@@H](n2nc(C#Cc3cccc4ccccc34)c3c(N)ncnc32)C1. The van der Waals surface area contributed by atoms with Gasteiger partial charge in [-0.3, -0.25) is 4.79 Å². The van der Waals surface area contributed by atoms with Crippen molar-refractivity contribution < 1.29 is 4.79 Å². The first kappa shape index (κ1) is 19.8. The van der Waals surface area contributed by atoms with Crippen molar-refractivity contribution in [2.45, 2.75) is 18.9 Å². The van der Waals surface area contributed by atoms with Crippen molar-refractivity contribution in [3.63, 3.8) is 0 Å². The number of anilines is 1. The highest BCUT2D eigenvalue weighted by atomic mass is 16.2. The Balaban J connectivity index is 1.59. The van der Waals surface area contributed by atoms with Gasteiger partial charge in [0, 0.05) is 18.7 Å². The lowest BCUT2D eigenvalue weighted by Crippen LogP contribution is -2.40. The van der Waals surface area contributed by atoms with Gasteiger partial charge in [-0.1, -0.05) is 48.9 Å². The van der Waals surface area contributed by atoms with Crippen LogP contribution in [0.5, 0.6) is 0 Å². The highest BCUT2D eigenvalue weighted by molar-refractivity contribution is 5.92. The monoisotopic (exact) mass is 422 g/mol. The topological polar surface area (TPSA) is 89.9 Å². The predicted molar refractivity (Wildman–Crippen MR) is 125 cm³/mol. The molecular weight excluding hydrogens is 400 g/mol. The smallest absolute Gasteiger partial charge is 0.246 e. The normalized spacial score (nSPS) is 16.0. The molecule has 2 aromatic heterocycles. The van der Waals surface area contributed by atoms with Gasteiger partial charge in [-0.05, 0) is 41.7 Å². The second-order valence-corrected chi connectivity index (χ2v) is 7.81. The Morgan fingerprint density at radius 2 is 2.00 bits per heavy atom. The number of benzene rings is 2. The number of amides is 1. The van der Waals surface area contributed by atoms with Gasteiger partial charge in [0.25, 0.3) is 0 Å². The van der Waals surface area contributed by atoms with Crippen LogP contribution < -0.4 is 5.73 Å². The van der Waals surface area contributed by atoms with E-state index in [2.05, 4.69) is 46.6 Å². The molecule has 158 valence electrons. The fourth-order valence-electron chi connectivity index (χ4n) is 4.28. The molecule has 7 heteroatoms. The Labute approximate surface area is 185 Å². The number of rotatable bonds is 2. The Morgan fingerprint density at radius 1 is 1.16 bits per heavy atom. The minimum absolute atomic E-state index is 0.0162. The molecule has 0 radical (unpaired) electrons. The third-order valence-electron chi connectivity index (χ3n) is 5.85. The summed E-state index contributed by atoms with van der Waals surface area (Å²) in [6.07, 6.45) is 4.55. The van der Waals surface area contributed by atoms with Crippen molar-refractivity contribution in [3.05, 3.63) is 72.7 Å². The number of carbonyl (C=O) groups excluding carboxylic acids is 1. The summed E-state index contributed by atoms with van der Waals surface area (Å²) >= 11 is 0. The van der Waals surface area contributed by atoms with E-state index in [0.717, 1.165) is 29.2 Å². The van der Waals surface area contributed by atoms with Gasteiger partial charge >= 0.3 is 0 Å². The molecule has 2 N–H and O–H groups in total. The van der Waals surface area contributed by atoms with E-state index in [1.807, 2.05) is 28.9 Å². The highest BCUT2D eigenvalue weighted by Crippen LogP contribution is 2.28. The third kappa shape index (κ3) is 3.46. The van der Waals surface area contributed by atoms with Crippen molar-refractivity contribution in [1.82, 2.24) is 24.6 Å². The van der Waals surface area contributed by atoms with Gasteiger partial charge in [0.05, 0.1) is 11.4 Å². The van der Waals surface area contributed by atoms with Crippen LogP contribution in [0.15, 0.2) is 61.4 Å². The summed E-state index contributed by atoms with van der Waals surface area (Å²) in [6.45, 7) is 4.86. The molecule has 7 nitrogen and oxygen atoms in total. The zero-order valence-corrected chi connectivity index (χ0v) is 17.5. The number of carbonyl (C=O) groups is 1. The molecule has 3 heterocycles. The van der Waals surface area contributed by atoms with Crippen LogP contribution in [0.1, 0.15) is 30.1 Å². The first-order valence-corrected chi connectivity index (χ1v) is 10.6. The lowest BCUT2D eigenvalue weighted by atomic mass is 10.0. The van der Waals surface area contributed by atoms with Crippen molar-refractivity contribution >= 4 is 33.5 Å². The second-order valence-electron chi connectivity index (χ2n) is 7.81. The minimum Gasteiger partial charge on any atom is -0.383 e. The highest BCUT2D eigenvalue weighted by Gasteiger charge is 2.27. The number of aromatic nitrogens is 4. The van der Waals surface area contributed by atoms with Crippen molar-refractivity contribution in [2.75, 3.05) is 18.8 Å². The van der Waals surface area contributed by atoms with Crippen LogP contribution in [0.25, 0.3) is 21.8 Å². The van der Waals surface area contributed by atoms with E-state index in [1.165, 1.54) is 12.4 Å². The second kappa shape index (κ2) is 8.16. The Morgan fingerprint density at radius 3 is 2.88 bits per heavy atom. The number of nitrogens with two attached hydrogens (primary N) is 1. The van der Waals surface area contributed by atoms with Gasteiger partial charge in [-0.2, -0.15) is 5.10 Å². The van der Waals surface area contributed by atoms with Gasteiger partial charge in [-0.15, -0.1) is 0 Å². The molecular formula is C25H22N6O. The molecule has 1 atom stereocenters. The van der Waals surface area contributed by atoms with Crippen molar-refractivity contribution in [1.29, 1.82) is 0 Å². The molecule has 32 heavy (non-hydrogen) atoms. The van der Waals surface area contributed by atoms with Gasteiger partial charge in [0.15, 0.2) is 5.65 Å². The molecule has 5 rings (SSSR count). The molecule has 0 aliphatic carbocycles. The van der Waals surface area contributed by atoms with Gasteiger partial charge in [0.1, 0.15) is 17.8 Å². The van der Waals surface area contributed by atoms with E-state index < -0.39 is 0 Å². The molecule has 1 aliphatic heterocycles. The van der Waals surface area contributed by atoms with Crippen LogP contribution in [-0.2, 0) is 4.79 Å². The predicted octanol–water partition coefficient (Wildman–Crippen LogP) is 3.31.